The number of fused-ring (bicyclic) bond motifs is 1. The first-order chi connectivity index (χ1) is 21.7. The molecule has 0 spiro atoms. The van der Waals surface area contributed by atoms with Gasteiger partial charge in [-0.2, -0.15) is 0 Å². The Balaban J connectivity index is 0.000000310. The molecule has 0 saturated carbocycles. The van der Waals surface area contributed by atoms with Crippen LogP contribution < -0.4 is 14.8 Å². The van der Waals surface area contributed by atoms with Crippen LogP contribution in [-0.4, -0.2) is 49.1 Å². The molecule has 0 radical (unpaired) electrons. The Labute approximate surface area is 263 Å². The second kappa shape index (κ2) is 15.0. The minimum absolute atomic E-state index is 0.0877. The third kappa shape index (κ3) is 9.96. The number of halogens is 8. The van der Waals surface area contributed by atoms with E-state index in [4.69, 9.17) is 16.3 Å². The Bertz CT molecular complexity index is 1610. The molecule has 246 valence electrons. The molecule has 4 aromatic rings. The Morgan fingerprint density at radius 1 is 0.870 bits per heavy atom. The zero-order valence-corrected chi connectivity index (χ0v) is 24.6. The Morgan fingerprint density at radius 3 is 1.93 bits per heavy atom. The van der Waals surface area contributed by atoms with E-state index < -0.39 is 36.6 Å². The lowest BCUT2D eigenvalue weighted by Crippen LogP contribution is -2.48. The fourth-order valence-electron chi connectivity index (χ4n) is 4.67. The largest absolute Gasteiger partial charge is 0.573 e. The van der Waals surface area contributed by atoms with Gasteiger partial charge in [0.05, 0.1) is 24.3 Å². The summed E-state index contributed by atoms with van der Waals surface area (Å²) in [6, 6.07) is 18.4. The summed E-state index contributed by atoms with van der Waals surface area (Å²) >= 11 is 5.45. The molecule has 1 fully saturated rings. The average Bonchev–Trinajstić information content (AvgIpc) is 3.00. The average molecular weight is 674 g/mol. The van der Waals surface area contributed by atoms with Gasteiger partial charge in [-0.05, 0) is 65.3 Å². The maximum Gasteiger partial charge on any atom is 0.573 e. The zero-order valence-electron chi connectivity index (χ0n) is 23.8. The van der Waals surface area contributed by atoms with E-state index in [1.54, 1.807) is 24.3 Å². The van der Waals surface area contributed by atoms with Crippen LogP contribution >= 0.6 is 11.6 Å². The monoisotopic (exact) mass is 673 g/mol. The summed E-state index contributed by atoms with van der Waals surface area (Å²) in [4.78, 5) is 12.9. The molecule has 2 unspecified atom stereocenters. The predicted octanol–water partition coefficient (Wildman–Crippen LogP) is 7.67. The number of hydrogen-bond acceptors (Lipinski definition) is 5. The van der Waals surface area contributed by atoms with E-state index >= 15 is 4.39 Å². The highest BCUT2D eigenvalue weighted by Gasteiger charge is 2.32. The van der Waals surface area contributed by atoms with Gasteiger partial charge in [0.15, 0.2) is 0 Å². The first-order valence-electron chi connectivity index (χ1n) is 13.7. The third-order valence-corrected chi connectivity index (χ3v) is 7.12. The second-order valence-corrected chi connectivity index (χ2v) is 10.4. The first-order valence-corrected chi connectivity index (χ1v) is 14.3. The van der Waals surface area contributed by atoms with Gasteiger partial charge in [-0.25, -0.2) is 4.39 Å². The van der Waals surface area contributed by atoms with Gasteiger partial charge in [-0.15, -0.1) is 37.9 Å². The summed E-state index contributed by atoms with van der Waals surface area (Å²) in [5, 5.41) is 13.6. The van der Waals surface area contributed by atoms with Crippen molar-refractivity contribution in [2.75, 3.05) is 13.2 Å². The maximum absolute atomic E-state index is 15.2. The number of amides is 1. The Morgan fingerprint density at radius 2 is 1.41 bits per heavy atom. The summed E-state index contributed by atoms with van der Waals surface area (Å²) < 4.78 is 100. The van der Waals surface area contributed by atoms with Crippen molar-refractivity contribution in [3.63, 3.8) is 0 Å². The topological polar surface area (TPSA) is 77.0 Å². The molecule has 1 aliphatic heterocycles. The van der Waals surface area contributed by atoms with Crippen molar-refractivity contribution in [1.29, 1.82) is 0 Å². The van der Waals surface area contributed by atoms with Gasteiger partial charge in [-0.3, -0.25) is 4.79 Å². The Kier molecular flexibility index (Phi) is 11.4. The van der Waals surface area contributed by atoms with Crippen molar-refractivity contribution < 1.29 is 54.8 Å². The van der Waals surface area contributed by atoms with Crippen LogP contribution in [0.2, 0.25) is 0 Å². The lowest BCUT2D eigenvalue weighted by atomic mass is 9.94. The number of alkyl halides is 7. The number of nitrogens with one attached hydrogen (secondary N) is 1. The smallest absolute Gasteiger partial charge is 0.406 e. The number of ether oxygens (including phenoxy) is 3. The van der Waals surface area contributed by atoms with E-state index in [-0.39, 0.29) is 41.4 Å². The standard InChI is InChI=1S/C24H21F4NO4.C8H6ClF3O/c25-22-18-4-2-1-3-17(18)15(11-14-5-7-16(8-6-14)33-24(26,27)28)12-19(22)23(31)29-20-9-10-32-13-21(20)30;9-5-6-1-3-7(4-2-6)13-8(10,11)12/h1-8,12,20-21,30H,9-11,13H2,(H,29,31);1-4H,5H2. The fourth-order valence-corrected chi connectivity index (χ4v) is 4.85. The molecule has 5 rings (SSSR count). The van der Waals surface area contributed by atoms with E-state index in [1.807, 2.05) is 0 Å². The molecule has 0 bridgehead atoms. The Hall–Kier alpha value is -4.07. The van der Waals surface area contributed by atoms with E-state index in [2.05, 4.69) is 14.8 Å². The molecule has 1 aliphatic rings. The first kappa shape index (κ1) is 34.8. The molecule has 46 heavy (non-hydrogen) atoms. The van der Waals surface area contributed by atoms with Crippen LogP contribution in [-0.2, 0) is 17.0 Å². The van der Waals surface area contributed by atoms with Gasteiger partial charge in [0.1, 0.15) is 17.3 Å². The zero-order chi connectivity index (χ0) is 33.5. The molecule has 0 aromatic heterocycles. The fraction of sp³-hybridized carbons (Fsp3) is 0.281. The third-order valence-electron chi connectivity index (χ3n) is 6.81. The van der Waals surface area contributed by atoms with Gasteiger partial charge < -0.3 is 24.6 Å². The van der Waals surface area contributed by atoms with Crippen molar-refractivity contribution in [2.24, 2.45) is 0 Å². The number of carbonyl (C=O) groups excluding carboxylic acids is 1. The van der Waals surface area contributed by atoms with Crippen molar-refractivity contribution in [3.05, 3.63) is 107 Å². The SMILES string of the molecule is FC(F)(F)Oc1ccc(CCl)cc1.O=C(NC1CCOCC1O)c1cc(Cc2ccc(OC(F)(F)F)cc2)c2ccccc2c1F. The van der Waals surface area contributed by atoms with Crippen molar-refractivity contribution in [3.8, 4) is 11.5 Å². The highest BCUT2D eigenvalue weighted by atomic mass is 35.5. The van der Waals surface area contributed by atoms with E-state index in [0.29, 0.717) is 29.5 Å². The van der Waals surface area contributed by atoms with E-state index in [1.165, 1.54) is 54.6 Å². The quantitative estimate of drug-likeness (QED) is 0.156. The number of hydrogen-bond donors (Lipinski definition) is 2. The summed E-state index contributed by atoms with van der Waals surface area (Å²) in [6.45, 7) is 0.464. The van der Waals surface area contributed by atoms with Gasteiger partial charge in [0, 0.05) is 17.9 Å². The van der Waals surface area contributed by atoms with Crippen molar-refractivity contribution in [2.45, 2.75) is 43.6 Å². The number of aliphatic hydroxyl groups excluding tert-OH is 1. The van der Waals surface area contributed by atoms with Crippen LogP contribution in [0.25, 0.3) is 10.8 Å². The summed E-state index contributed by atoms with van der Waals surface area (Å²) in [5.74, 6) is -1.64. The summed E-state index contributed by atoms with van der Waals surface area (Å²) in [6.07, 6.45) is -9.64. The molecule has 1 amide bonds. The van der Waals surface area contributed by atoms with Crippen LogP contribution in [0.5, 0.6) is 11.5 Å². The minimum Gasteiger partial charge on any atom is -0.406 e. The number of aliphatic hydroxyl groups is 1. The minimum atomic E-state index is -4.78. The highest BCUT2D eigenvalue weighted by molar-refractivity contribution is 6.17. The molecule has 0 aliphatic carbocycles. The molecule has 2 N–H and O–H groups in total. The van der Waals surface area contributed by atoms with Crippen molar-refractivity contribution in [1.82, 2.24) is 5.32 Å². The lowest BCUT2D eigenvalue weighted by Gasteiger charge is -2.28. The predicted molar refractivity (Wildman–Crippen MR) is 155 cm³/mol. The van der Waals surface area contributed by atoms with Crippen LogP contribution in [0.3, 0.4) is 0 Å². The van der Waals surface area contributed by atoms with Crippen LogP contribution in [0, 0.1) is 5.82 Å². The maximum atomic E-state index is 15.2. The van der Waals surface area contributed by atoms with E-state index in [0.717, 1.165) is 5.56 Å². The molecule has 6 nitrogen and oxygen atoms in total. The normalized spacial score (nSPS) is 16.7. The molecule has 14 heteroatoms. The molecule has 1 saturated heterocycles. The molecule has 1 heterocycles. The van der Waals surface area contributed by atoms with Gasteiger partial charge in [0.2, 0.25) is 0 Å². The molecule has 2 atom stereocenters. The van der Waals surface area contributed by atoms with E-state index in [9.17, 15) is 36.2 Å². The van der Waals surface area contributed by atoms with Crippen molar-refractivity contribution >= 4 is 28.3 Å². The summed E-state index contributed by atoms with van der Waals surface area (Å²) in [7, 11) is 0. The molecular formula is C32H27ClF7NO5. The van der Waals surface area contributed by atoms with Gasteiger partial charge >= 0.3 is 12.7 Å². The van der Waals surface area contributed by atoms with Crippen LogP contribution in [0.4, 0.5) is 30.7 Å². The second-order valence-electron chi connectivity index (χ2n) is 10.1. The van der Waals surface area contributed by atoms with Crippen LogP contribution in [0.1, 0.15) is 33.5 Å². The van der Waals surface area contributed by atoms with Gasteiger partial charge in [-0.1, -0.05) is 48.5 Å². The summed E-state index contributed by atoms with van der Waals surface area (Å²) in [5.41, 5.74) is 1.87. The van der Waals surface area contributed by atoms with Gasteiger partial charge in [0.25, 0.3) is 5.91 Å². The number of carbonyl (C=O) groups is 1. The number of benzene rings is 4. The highest BCUT2D eigenvalue weighted by Crippen LogP contribution is 2.29. The molecule has 4 aromatic carbocycles. The molecular weight excluding hydrogens is 647 g/mol. The number of rotatable bonds is 7. The van der Waals surface area contributed by atoms with Crippen LogP contribution in [0.15, 0.2) is 78.9 Å². The lowest BCUT2D eigenvalue weighted by molar-refractivity contribution is -0.275.